The Morgan fingerprint density at radius 3 is 1.59 bits per heavy atom. The molecule has 1 unspecified atom stereocenters. The number of hydrogen-bond donors (Lipinski definition) is 0. The SMILES string of the molecule is CCCCCCCCCCC(CCCCCCCC)Cc1[c]s[c]([Sn]([CH3])([CH3])[CH3])c1. The summed E-state index contributed by atoms with van der Waals surface area (Å²) in [6.07, 6.45) is 24.3. The van der Waals surface area contributed by atoms with Crippen LogP contribution in [0.4, 0.5) is 0 Å². The van der Waals surface area contributed by atoms with Crippen LogP contribution in [0.15, 0.2) is 6.07 Å². The molecule has 1 radical (unpaired) electrons. The number of thiophene rings is 1. The average Bonchev–Trinajstić information content (AvgIpc) is 3.15. The summed E-state index contributed by atoms with van der Waals surface area (Å²) in [7, 11) is 0. The van der Waals surface area contributed by atoms with Gasteiger partial charge in [-0.1, -0.05) is 26.7 Å². The van der Waals surface area contributed by atoms with Crippen molar-refractivity contribution >= 4 is 32.6 Å². The van der Waals surface area contributed by atoms with Gasteiger partial charge in [0.15, 0.2) is 0 Å². The zero-order chi connectivity index (χ0) is 21.4. The Morgan fingerprint density at radius 2 is 1.17 bits per heavy atom. The van der Waals surface area contributed by atoms with Crippen molar-refractivity contribution in [2.45, 2.75) is 138 Å². The minimum absolute atomic E-state index is 0.898. The maximum atomic E-state index is 3.69. The van der Waals surface area contributed by atoms with E-state index in [0.717, 1.165) is 5.92 Å². The van der Waals surface area contributed by atoms with Gasteiger partial charge < -0.3 is 0 Å². The third-order valence-electron chi connectivity index (χ3n) is 6.28. The van der Waals surface area contributed by atoms with E-state index in [1.807, 2.05) is 11.3 Å². The van der Waals surface area contributed by atoms with Crippen molar-refractivity contribution in [1.82, 2.24) is 0 Å². The van der Waals surface area contributed by atoms with E-state index in [0.29, 0.717) is 0 Å². The molecule has 1 heterocycles. The Balaban J connectivity index is 2.37. The molecule has 0 saturated heterocycles. The van der Waals surface area contributed by atoms with E-state index in [1.54, 1.807) is 2.89 Å². The molecule has 29 heavy (non-hydrogen) atoms. The molecule has 1 atom stereocenters. The zero-order valence-electron chi connectivity index (χ0n) is 20.6. The van der Waals surface area contributed by atoms with E-state index in [1.165, 1.54) is 115 Å². The van der Waals surface area contributed by atoms with Crippen LogP contribution in [0.3, 0.4) is 0 Å². The van der Waals surface area contributed by atoms with E-state index < -0.39 is 18.4 Å². The first-order valence-electron chi connectivity index (χ1n) is 13.0. The van der Waals surface area contributed by atoms with Crippen LogP contribution in [0.25, 0.3) is 0 Å². The summed E-state index contributed by atoms with van der Waals surface area (Å²) < 4.78 is 1.71. The van der Waals surface area contributed by atoms with Gasteiger partial charge in [-0.15, -0.1) is 0 Å². The monoisotopic (exact) mass is 527 g/mol. The molecule has 1 aromatic heterocycles. The van der Waals surface area contributed by atoms with Gasteiger partial charge in [0, 0.05) is 0 Å². The van der Waals surface area contributed by atoms with Gasteiger partial charge in [0.05, 0.1) is 0 Å². The third-order valence-corrected chi connectivity index (χ3v) is 16.6. The van der Waals surface area contributed by atoms with Crippen LogP contribution >= 0.6 is 11.3 Å². The van der Waals surface area contributed by atoms with Crippen LogP contribution in [0.1, 0.15) is 122 Å². The Bertz CT molecular complexity index is 485. The summed E-state index contributed by atoms with van der Waals surface area (Å²) in [4.78, 5) is 7.60. The van der Waals surface area contributed by atoms with Crippen LogP contribution in [-0.4, -0.2) is 18.4 Å². The third kappa shape index (κ3) is 14.2. The molecule has 0 aromatic carbocycles. The number of rotatable bonds is 19. The first kappa shape index (κ1) is 27.5. The molecule has 0 amide bonds. The molecule has 1 aromatic rings. The Labute approximate surface area is 192 Å². The predicted octanol–water partition coefficient (Wildman–Crippen LogP) is 9.53. The Kier molecular flexibility index (Phi) is 16.2. The van der Waals surface area contributed by atoms with Gasteiger partial charge in [0.1, 0.15) is 0 Å². The fraction of sp³-hybridized carbons (Fsp3) is 0.852. The molecule has 0 aliphatic rings. The standard InChI is InChI=1S/C24H42S.3CH3.Sn/c1-3-5-7-9-11-12-14-16-18-23(21-24-19-20-25-22-24)17-15-13-10-8-6-4-2;;;;/h19,23H,3-18,21H2,1-2H3;3*1H3;. The van der Waals surface area contributed by atoms with Gasteiger partial charge in [-0.2, -0.15) is 0 Å². The first-order chi connectivity index (χ1) is 14.0. The van der Waals surface area contributed by atoms with Gasteiger partial charge in [0.2, 0.25) is 0 Å². The van der Waals surface area contributed by atoms with Crippen LogP contribution < -0.4 is 2.89 Å². The zero-order valence-corrected chi connectivity index (χ0v) is 24.3. The van der Waals surface area contributed by atoms with E-state index in [-0.39, 0.29) is 0 Å². The van der Waals surface area contributed by atoms with Crippen LogP contribution in [0.5, 0.6) is 0 Å². The number of unbranched alkanes of at least 4 members (excludes halogenated alkanes) is 12. The van der Waals surface area contributed by atoms with Gasteiger partial charge in [-0.3, -0.25) is 0 Å². The van der Waals surface area contributed by atoms with Gasteiger partial charge in [-0.05, 0) is 0 Å². The molecule has 2 heteroatoms. The van der Waals surface area contributed by atoms with Crippen LogP contribution in [0.2, 0.25) is 14.8 Å². The molecule has 0 spiro atoms. The van der Waals surface area contributed by atoms with Crippen molar-refractivity contribution in [3.63, 3.8) is 0 Å². The van der Waals surface area contributed by atoms with Crippen molar-refractivity contribution in [3.05, 3.63) is 17.0 Å². The molecule has 0 saturated carbocycles. The molecule has 0 bridgehead atoms. The maximum absolute atomic E-state index is 3.69. The van der Waals surface area contributed by atoms with E-state index in [9.17, 15) is 0 Å². The normalized spacial score (nSPS) is 13.1. The second kappa shape index (κ2) is 17.1. The molecule has 169 valence electrons. The van der Waals surface area contributed by atoms with Gasteiger partial charge >= 0.3 is 167 Å². The average molecular weight is 526 g/mol. The second-order valence-electron chi connectivity index (χ2n) is 10.4. The van der Waals surface area contributed by atoms with Crippen molar-refractivity contribution in [2.75, 3.05) is 0 Å². The van der Waals surface area contributed by atoms with Crippen molar-refractivity contribution < 1.29 is 0 Å². The van der Waals surface area contributed by atoms with Crippen molar-refractivity contribution in [1.29, 1.82) is 0 Å². The van der Waals surface area contributed by atoms with Crippen molar-refractivity contribution in [3.8, 4) is 0 Å². The van der Waals surface area contributed by atoms with Crippen LogP contribution in [0, 0.1) is 11.3 Å². The summed E-state index contributed by atoms with van der Waals surface area (Å²) >= 11 is 0.0376. The summed E-state index contributed by atoms with van der Waals surface area (Å²) in [6, 6.07) is 2.54. The molecule has 0 N–H and O–H groups in total. The Morgan fingerprint density at radius 1 is 0.724 bits per heavy atom. The van der Waals surface area contributed by atoms with Crippen molar-refractivity contribution in [2.24, 2.45) is 5.92 Å². The molecule has 1 rings (SSSR count). The van der Waals surface area contributed by atoms with Gasteiger partial charge in [0.25, 0.3) is 0 Å². The van der Waals surface area contributed by atoms with E-state index in [4.69, 9.17) is 0 Å². The molecule has 0 aliphatic heterocycles. The Hall–Kier alpha value is 0.499. The molecular weight excluding hydrogens is 475 g/mol. The second-order valence-corrected chi connectivity index (χ2v) is 26.6. The summed E-state index contributed by atoms with van der Waals surface area (Å²) in [5.74, 6) is 0.898. The fourth-order valence-electron chi connectivity index (χ4n) is 4.25. The van der Waals surface area contributed by atoms with Crippen LogP contribution in [-0.2, 0) is 6.42 Å². The molecule has 0 aliphatic carbocycles. The van der Waals surface area contributed by atoms with E-state index in [2.05, 4.69) is 40.1 Å². The first-order valence-corrected chi connectivity index (χ1v) is 23.8. The predicted molar refractivity (Wildman–Crippen MR) is 139 cm³/mol. The topological polar surface area (TPSA) is 0 Å². The summed E-state index contributed by atoms with van der Waals surface area (Å²) in [5, 5.41) is 3.69. The minimum atomic E-state index is -1.91. The molecular formula is C27H51SSn. The van der Waals surface area contributed by atoms with E-state index >= 15 is 0 Å². The van der Waals surface area contributed by atoms with Gasteiger partial charge in [-0.25, -0.2) is 0 Å². The molecule has 0 fully saturated rings. The summed E-state index contributed by atoms with van der Waals surface area (Å²) in [6.45, 7) is 4.62. The number of hydrogen-bond acceptors (Lipinski definition) is 1. The molecule has 0 nitrogen and oxygen atoms in total. The fourth-order valence-corrected chi connectivity index (χ4v) is 9.93. The summed E-state index contributed by atoms with van der Waals surface area (Å²) in [5.41, 5.74) is 1.53. The quantitative estimate of drug-likeness (QED) is 0.124.